The van der Waals surface area contributed by atoms with E-state index in [1.165, 1.54) is 4.68 Å². The third-order valence-corrected chi connectivity index (χ3v) is 3.05. The third-order valence-electron chi connectivity index (χ3n) is 3.05. The molecule has 0 aromatic carbocycles. The van der Waals surface area contributed by atoms with Gasteiger partial charge >= 0.3 is 0 Å². The zero-order valence-electron chi connectivity index (χ0n) is 9.92. The summed E-state index contributed by atoms with van der Waals surface area (Å²) in [7, 11) is 0. The Labute approximate surface area is 103 Å². The van der Waals surface area contributed by atoms with Gasteiger partial charge in [0, 0.05) is 0 Å². The predicted molar refractivity (Wildman–Crippen MR) is 58.4 cm³/mol. The standard InChI is InChI=1S/C10H17N3O5/c1-2-5-3-13(12-11-5)10-9(17)8(16)7(15)6(4-14)18-10/h3,6-10,14-17H,2,4H2,1H3/t6-,7-,8+,9-,10-/m0/s1. The highest BCUT2D eigenvalue weighted by Gasteiger charge is 2.44. The maximum atomic E-state index is 9.85. The summed E-state index contributed by atoms with van der Waals surface area (Å²) < 4.78 is 6.60. The van der Waals surface area contributed by atoms with Crippen molar-refractivity contribution in [1.29, 1.82) is 0 Å². The first-order valence-electron chi connectivity index (χ1n) is 5.79. The van der Waals surface area contributed by atoms with Gasteiger partial charge in [0.2, 0.25) is 0 Å². The fraction of sp³-hybridized carbons (Fsp3) is 0.800. The zero-order chi connectivity index (χ0) is 13.3. The van der Waals surface area contributed by atoms with Gasteiger partial charge in [0.1, 0.15) is 24.4 Å². The van der Waals surface area contributed by atoms with Crippen molar-refractivity contribution in [3.8, 4) is 0 Å². The number of ether oxygens (including phenoxy) is 1. The summed E-state index contributed by atoms with van der Waals surface area (Å²) in [6, 6.07) is 0. The molecule has 0 spiro atoms. The molecule has 0 amide bonds. The molecule has 2 heterocycles. The Hall–Kier alpha value is -1.06. The van der Waals surface area contributed by atoms with Gasteiger partial charge in [-0.25, -0.2) is 4.68 Å². The van der Waals surface area contributed by atoms with Gasteiger partial charge in [-0.05, 0) is 6.42 Å². The van der Waals surface area contributed by atoms with Crippen LogP contribution in [0.15, 0.2) is 6.20 Å². The van der Waals surface area contributed by atoms with Crippen LogP contribution in [-0.2, 0) is 11.2 Å². The van der Waals surface area contributed by atoms with Crippen LogP contribution in [0.3, 0.4) is 0 Å². The molecule has 1 fully saturated rings. The van der Waals surface area contributed by atoms with Crippen LogP contribution in [0.4, 0.5) is 0 Å². The van der Waals surface area contributed by atoms with Crippen LogP contribution in [0.5, 0.6) is 0 Å². The van der Waals surface area contributed by atoms with E-state index < -0.39 is 37.3 Å². The molecule has 0 aliphatic carbocycles. The van der Waals surface area contributed by atoms with Crippen LogP contribution in [0.25, 0.3) is 0 Å². The minimum Gasteiger partial charge on any atom is -0.394 e. The Morgan fingerprint density at radius 1 is 1.28 bits per heavy atom. The maximum Gasteiger partial charge on any atom is 0.180 e. The van der Waals surface area contributed by atoms with Crippen molar-refractivity contribution in [3.05, 3.63) is 11.9 Å². The van der Waals surface area contributed by atoms with E-state index >= 15 is 0 Å². The van der Waals surface area contributed by atoms with E-state index in [9.17, 15) is 15.3 Å². The van der Waals surface area contributed by atoms with Gasteiger partial charge in [-0.1, -0.05) is 12.1 Å². The van der Waals surface area contributed by atoms with E-state index in [1.807, 2.05) is 6.92 Å². The average molecular weight is 259 g/mol. The Kier molecular flexibility index (Phi) is 3.93. The summed E-state index contributed by atoms with van der Waals surface area (Å²) in [6.07, 6.45) is -3.76. The first-order chi connectivity index (χ1) is 8.58. The lowest BCUT2D eigenvalue weighted by atomic mass is 9.98. The minimum atomic E-state index is -1.41. The molecule has 1 aromatic heterocycles. The molecule has 18 heavy (non-hydrogen) atoms. The van der Waals surface area contributed by atoms with E-state index in [2.05, 4.69) is 10.3 Å². The molecule has 5 atom stereocenters. The van der Waals surface area contributed by atoms with Crippen molar-refractivity contribution in [3.63, 3.8) is 0 Å². The second-order valence-corrected chi connectivity index (χ2v) is 4.26. The number of aliphatic hydroxyl groups is 4. The molecule has 8 heteroatoms. The molecular weight excluding hydrogens is 242 g/mol. The van der Waals surface area contributed by atoms with Gasteiger partial charge in [0.15, 0.2) is 6.23 Å². The molecular formula is C10H17N3O5. The number of rotatable bonds is 3. The number of aryl methyl sites for hydroxylation is 1. The smallest absolute Gasteiger partial charge is 0.180 e. The fourth-order valence-electron chi connectivity index (χ4n) is 1.90. The summed E-state index contributed by atoms with van der Waals surface area (Å²) in [5.74, 6) is 0. The highest BCUT2D eigenvalue weighted by atomic mass is 16.6. The highest BCUT2D eigenvalue weighted by molar-refractivity contribution is 4.95. The molecule has 1 aliphatic heterocycles. The highest BCUT2D eigenvalue weighted by Crippen LogP contribution is 2.27. The van der Waals surface area contributed by atoms with Crippen LogP contribution < -0.4 is 0 Å². The summed E-state index contributed by atoms with van der Waals surface area (Å²) in [4.78, 5) is 0. The third kappa shape index (κ3) is 2.25. The average Bonchev–Trinajstić information content (AvgIpc) is 2.85. The van der Waals surface area contributed by atoms with E-state index in [4.69, 9.17) is 9.84 Å². The van der Waals surface area contributed by atoms with Crippen molar-refractivity contribution in [2.45, 2.75) is 44.0 Å². The van der Waals surface area contributed by atoms with Gasteiger partial charge in [0.05, 0.1) is 18.5 Å². The van der Waals surface area contributed by atoms with Crippen molar-refractivity contribution in [2.75, 3.05) is 6.61 Å². The normalized spacial score (nSPS) is 36.8. The predicted octanol–water partition coefficient (Wildman–Crippen LogP) is -2.19. The van der Waals surface area contributed by atoms with Crippen LogP contribution in [0.1, 0.15) is 18.8 Å². The fourth-order valence-corrected chi connectivity index (χ4v) is 1.90. The first kappa shape index (κ1) is 13.4. The lowest BCUT2D eigenvalue weighted by Crippen LogP contribution is -2.56. The van der Waals surface area contributed by atoms with Crippen molar-refractivity contribution >= 4 is 0 Å². The molecule has 0 bridgehead atoms. The lowest BCUT2D eigenvalue weighted by Gasteiger charge is -2.39. The molecule has 1 aromatic rings. The van der Waals surface area contributed by atoms with Gasteiger partial charge in [-0.15, -0.1) is 5.10 Å². The summed E-state index contributed by atoms with van der Waals surface area (Å²) in [5, 5.41) is 45.8. The van der Waals surface area contributed by atoms with Crippen LogP contribution in [-0.4, -0.2) is 66.4 Å². The topological polar surface area (TPSA) is 121 Å². The maximum absolute atomic E-state index is 9.85. The van der Waals surface area contributed by atoms with Gasteiger partial charge in [0.25, 0.3) is 0 Å². The largest absolute Gasteiger partial charge is 0.394 e. The lowest BCUT2D eigenvalue weighted by molar-refractivity contribution is -0.254. The first-order valence-corrected chi connectivity index (χ1v) is 5.79. The Balaban J connectivity index is 2.21. The molecule has 4 N–H and O–H groups in total. The number of hydrogen-bond donors (Lipinski definition) is 4. The molecule has 1 aliphatic rings. The van der Waals surface area contributed by atoms with Gasteiger partial charge in [-0.2, -0.15) is 0 Å². The monoisotopic (exact) mass is 259 g/mol. The number of hydrogen-bond acceptors (Lipinski definition) is 7. The number of aliphatic hydroxyl groups excluding tert-OH is 4. The minimum absolute atomic E-state index is 0.462. The van der Waals surface area contributed by atoms with Gasteiger partial charge in [-0.3, -0.25) is 0 Å². The second-order valence-electron chi connectivity index (χ2n) is 4.26. The molecule has 0 saturated carbocycles. The van der Waals surface area contributed by atoms with Crippen molar-refractivity contribution in [2.24, 2.45) is 0 Å². The molecule has 2 rings (SSSR count). The van der Waals surface area contributed by atoms with Gasteiger partial charge < -0.3 is 25.2 Å². The number of nitrogens with zero attached hydrogens (tertiary/aromatic N) is 3. The Bertz CT molecular complexity index is 397. The van der Waals surface area contributed by atoms with E-state index in [1.54, 1.807) is 6.20 Å². The van der Waals surface area contributed by atoms with Crippen molar-refractivity contribution in [1.82, 2.24) is 15.0 Å². The quantitative estimate of drug-likeness (QED) is 0.486. The molecule has 8 nitrogen and oxygen atoms in total. The van der Waals surface area contributed by atoms with E-state index in [0.29, 0.717) is 12.1 Å². The summed E-state index contributed by atoms with van der Waals surface area (Å²) >= 11 is 0. The molecule has 102 valence electrons. The van der Waals surface area contributed by atoms with Crippen LogP contribution in [0.2, 0.25) is 0 Å². The number of aromatic nitrogens is 3. The van der Waals surface area contributed by atoms with E-state index in [-0.39, 0.29) is 0 Å². The van der Waals surface area contributed by atoms with Crippen LogP contribution in [0, 0.1) is 0 Å². The Morgan fingerprint density at radius 2 is 2.00 bits per heavy atom. The van der Waals surface area contributed by atoms with Crippen LogP contribution >= 0.6 is 0 Å². The van der Waals surface area contributed by atoms with Crippen molar-refractivity contribution < 1.29 is 25.2 Å². The Morgan fingerprint density at radius 3 is 2.56 bits per heavy atom. The molecule has 1 saturated heterocycles. The zero-order valence-corrected chi connectivity index (χ0v) is 9.92. The SMILES string of the molecule is CCc1cn([C@H]2O[C@@H](CO)[C@H](O)[C@@H](O)[C@@H]2O)nn1. The molecule has 0 unspecified atom stereocenters. The van der Waals surface area contributed by atoms with E-state index in [0.717, 1.165) is 0 Å². The summed E-state index contributed by atoms with van der Waals surface area (Å²) in [5.41, 5.74) is 0.715. The summed E-state index contributed by atoms with van der Waals surface area (Å²) in [6.45, 7) is 1.44. The molecule has 0 radical (unpaired) electrons. The second kappa shape index (κ2) is 5.29.